The highest BCUT2D eigenvalue weighted by Crippen LogP contribution is 2.32. The first-order valence-electron chi connectivity index (χ1n) is 4.65. The molecule has 1 aromatic heterocycles. The largest absolute Gasteiger partial charge is 0.387 e. The van der Waals surface area contributed by atoms with E-state index >= 15 is 0 Å². The van der Waals surface area contributed by atoms with Gasteiger partial charge in [0.05, 0.1) is 17.8 Å². The summed E-state index contributed by atoms with van der Waals surface area (Å²) in [5.74, 6) is 0. The lowest BCUT2D eigenvalue weighted by molar-refractivity contribution is 0.166. The van der Waals surface area contributed by atoms with Crippen molar-refractivity contribution in [1.29, 1.82) is 0 Å². The highest BCUT2D eigenvalue weighted by molar-refractivity contribution is 5.85. The number of aromatic nitrogens is 2. The van der Waals surface area contributed by atoms with Gasteiger partial charge in [-0.25, -0.2) is 0 Å². The van der Waals surface area contributed by atoms with Gasteiger partial charge in [0.2, 0.25) is 0 Å². The zero-order valence-corrected chi connectivity index (χ0v) is 8.94. The summed E-state index contributed by atoms with van der Waals surface area (Å²) in [5.41, 5.74) is 6.58. The van der Waals surface area contributed by atoms with Gasteiger partial charge in [0.25, 0.3) is 0 Å². The molecule has 0 radical (unpaired) electrons. The first-order chi connectivity index (χ1) is 6.18. The van der Waals surface area contributed by atoms with Crippen molar-refractivity contribution in [3.05, 3.63) is 18.0 Å². The lowest BCUT2D eigenvalue weighted by Gasteiger charge is -2.33. The van der Waals surface area contributed by atoms with Gasteiger partial charge in [-0.05, 0) is 25.8 Å². The molecule has 1 saturated carbocycles. The van der Waals surface area contributed by atoms with Gasteiger partial charge in [0.1, 0.15) is 0 Å². The number of halogens is 1. The quantitative estimate of drug-likeness (QED) is 0.778. The van der Waals surface area contributed by atoms with Crippen LogP contribution in [-0.4, -0.2) is 20.9 Å². The van der Waals surface area contributed by atoms with Crippen LogP contribution in [0.1, 0.15) is 37.6 Å². The van der Waals surface area contributed by atoms with Crippen LogP contribution in [0.2, 0.25) is 0 Å². The SMILES string of the molecule is CC(O)c1ccnn1C1CC(N)C1.Cl. The number of nitrogens with two attached hydrogens (primary N) is 1. The highest BCUT2D eigenvalue weighted by Gasteiger charge is 2.29. The van der Waals surface area contributed by atoms with Gasteiger partial charge >= 0.3 is 0 Å². The van der Waals surface area contributed by atoms with Crippen molar-refractivity contribution < 1.29 is 5.11 Å². The first-order valence-corrected chi connectivity index (χ1v) is 4.65. The van der Waals surface area contributed by atoms with Crippen LogP contribution in [0.25, 0.3) is 0 Å². The second-order valence-electron chi connectivity index (χ2n) is 3.76. The maximum absolute atomic E-state index is 9.44. The monoisotopic (exact) mass is 217 g/mol. The average molecular weight is 218 g/mol. The summed E-state index contributed by atoms with van der Waals surface area (Å²) < 4.78 is 1.90. The van der Waals surface area contributed by atoms with E-state index in [1.165, 1.54) is 0 Å². The first kappa shape index (κ1) is 11.5. The molecule has 1 aliphatic rings. The van der Waals surface area contributed by atoms with Crippen molar-refractivity contribution in [2.75, 3.05) is 0 Å². The maximum Gasteiger partial charge on any atom is 0.0928 e. The van der Waals surface area contributed by atoms with Crippen LogP contribution in [-0.2, 0) is 0 Å². The van der Waals surface area contributed by atoms with E-state index in [4.69, 9.17) is 5.73 Å². The Balaban J connectivity index is 0.000000980. The minimum Gasteiger partial charge on any atom is -0.387 e. The standard InChI is InChI=1S/C9H15N3O.ClH/c1-6(13)9-2-3-11-12(9)8-4-7(10)5-8;/h2-3,6-8,13H,4-5,10H2,1H3;1H. The molecule has 1 fully saturated rings. The molecule has 0 aromatic carbocycles. The van der Waals surface area contributed by atoms with Crippen molar-refractivity contribution >= 4 is 12.4 Å². The zero-order chi connectivity index (χ0) is 9.42. The second kappa shape index (κ2) is 4.29. The molecule has 1 aliphatic carbocycles. The molecule has 2 rings (SSSR count). The van der Waals surface area contributed by atoms with E-state index in [1.54, 1.807) is 13.1 Å². The van der Waals surface area contributed by atoms with Crippen LogP contribution >= 0.6 is 12.4 Å². The van der Waals surface area contributed by atoms with E-state index in [9.17, 15) is 5.11 Å². The van der Waals surface area contributed by atoms with Crippen LogP contribution in [0, 0.1) is 0 Å². The Morgan fingerprint density at radius 2 is 2.29 bits per heavy atom. The molecule has 1 atom stereocenters. The number of rotatable bonds is 2. The predicted molar refractivity (Wildman–Crippen MR) is 56.4 cm³/mol. The minimum absolute atomic E-state index is 0. The summed E-state index contributed by atoms with van der Waals surface area (Å²) in [4.78, 5) is 0. The average Bonchev–Trinajstić information content (AvgIpc) is 2.45. The van der Waals surface area contributed by atoms with Crippen molar-refractivity contribution in [3.8, 4) is 0 Å². The molecule has 4 nitrogen and oxygen atoms in total. The Bertz CT molecular complexity index is 294. The van der Waals surface area contributed by atoms with E-state index in [0.29, 0.717) is 12.1 Å². The third-order valence-corrected chi connectivity index (χ3v) is 2.62. The van der Waals surface area contributed by atoms with E-state index < -0.39 is 6.10 Å². The summed E-state index contributed by atoms with van der Waals surface area (Å²) >= 11 is 0. The molecule has 1 heterocycles. The maximum atomic E-state index is 9.44. The highest BCUT2D eigenvalue weighted by atomic mass is 35.5. The van der Waals surface area contributed by atoms with Crippen LogP contribution in [0.3, 0.4) is 0 Å². The Hall–Kier alpha value is -0.580. The summed E-state index contributed by atoms with van der Waals surface area (Å²) in [6.45, 7) is 1.76. The molecule has 3 N–H and O–H groups in total. The van der Waals surface area contributed by atoms with Gasteiger partial charge in [-0.3, -0.25) is 4.68 Å². The second-order valence-corrected chi connectivity index (χ2v) is 3.76. The van der Waals surface area contributed by atoms with Crippen LogP contribution in [0.4, 0.5) is 0 Å². The molecule has 0 aliphatic heterocycles. The molecular weight excluding hydrogens is 202 g/mol. The third-order valence-electron chi connectivity index (χ3n) is 2.62. The van der Waals surface area contributed by atoms with Gasteiger partial charge < -0.3 is 10.8 Å². The van der Waals surface area contributed by atoms with Crippen LogP contribution < -0.4 is 5.73 Å². The normalized spacial score (nSPS) is 27.6. The Morgan fingerprint density at radius 3 is 2.79 bits per heavy atom. The Kier molecular flexibility index (Phi) is 3.53. The Morgan fingerprint density at radius 1 is 1.64 bits per heavy atom. The van der Waals surface area contributed by atoms with Gasteiger partial charge in [-0.15, -0.1) is 12.4 Å². The van der Waals surface area contributed by atoms with Gasteiger partial charge in [0, 0.05) is 12.2 Å². The fourth-order valence-electron chi connectivity index (χ4n) is 1.79. The van der Waals surface area contributed by atoms with Crippen molar-refractivity contribution in [3.63, 3.8) is 0 Å². The van der Waals surface area contributed by atoms with Crippen LogP contribution in [0.5, 0.6) is 0 Å². The molecule has 5 heteroatoms. The molecule has 0 amide bonds. The fraction of sp³-hybridized carbons (Fsp3) is 0.667. The summed E-state index contributed by atoms with van der Waals surface area (Å²) in [6, 6.07) is 2.57. The fourth-order valence-corrected chi connectivity index (χ4v) is 1.79. The summed E-state index contributed by atoms with van der Waals surface area (Å²) in [5, 5.41) is 13.6. The molecule has 14 heavy (non-hydrogen) atoms. The molecule has 0 saturated heterocycles. The summed E-state index contributed by atoms with van der Waals surface area (Å²) in [6.07, 6.45) is 3.23. The number of hydrogen-bond donors (Lipinski definition) is 2. The van der Waals surface area contributed by atoms with Gasteiger partial charge in [-0.2, -0.15) is 5.10 Å². The topological polar surface area (TPSA) is 64.1 Å². The minimum atomic E-state index is -0.445. The van der Waals surface area contributed by atoms with Crippen molar-refractivity contribution in [1.82, 2.24) is 9.78 Å². The Labute approximate surface area is 89.5 Å². The van der Waals surface area contributed by atoms with Gasteiger partial charge in [0.15, 0.2) is 0 Å². The lowest BCUT2D eigenvalue weighted by Crippen LogP contribution is -2.38. The predicted octanol–water partition coefficient (Wildman–Crippen LogP) is 1.02. The summed E-state index contributed by atoms with van der Waals surface area (Å²) in [7, 11) is 0. The van der Waals surface area contributed by atoms with E-state index in [1.807, 2.05) is 10.7 Å². The molecule has 0 spiro atoms. The number of hydrogen-bond acceptors (Lipinski definition) is 3. The van der Waals surface area contributed by atoms with Crippen LogP contribution in [0.15, 0.2) is 12.3 Å². The molecule has 1 aromatic rings. The molecule has 1 unspecified atom stereocenters. The smallest absolute Gasteiger partial charge is 0.0928 e. The molecular formula is C9H16ClN3O. The van der Waals surface area contributed by atoms with Crippen molar-refractivity contribution in [2.45, 2.75) is 38.0 Å². The third kappa shape index (κ3) is 1.92. The van der Waals surface area contributed by atoms with E-state index in [2.05, 4.69) is 5.10 Å². The lowest BCUT2D eigenvalue weighted by atomic mass is 9.87. The number of nitrogens with zero attached hydrogens (tertiary/aromatic N) is 2. The number of aliphatic hydroxyl groups is 1. The molecule has 80 valence electrons. The zero-order valence-electron chi connectivity index (χ0n) is 8.13. The number of aliphatic hydroxyl groups excluding tert-OH is 1. The van der Waals surface area contributed by atoms with E-state index in [0.717, 1.165) is 18.5 Å². The van der Waals surface area contributed by atoms with Gasteiger partial charge in [-0.1, -0.05) is 0 Å². The van der Waals surface area contributed by atoms with Crippen molar-refractivity contribution in [2.24, 2.45) is 5.73 Å². The van der Waals surface area contributed by atoms with E-state index in [-0.39, 0.29) is 12.4 Å². The molecule has 0 bridgehead atoms.